The maximum atomic E-state index is 10.6. The zero-order chi connectivity index (χ0) is 9.97. The van der Waals surface area contributed by atoms with Gasteiger partial charge in [-0.15, -0.1) is 0 Å². The molecule has 0 aromatic carbocycles. The molecule has 0 saturated carbocycles. The Morgan fingerprint density at radius 1 is 1.50 bits per heavy atom. The molecule has 2 aromatic rings. The number of H-pyrrole nitrogens is 1. The molecule has 0 spiro atoms. The van der Waals surface area contributed by atoms with Crippen LogP contribution in [-0.4, -0.2) is 26.2 Å². The summed E-state index contributed by atoms with van der Waals surface area (Å²) in [4.78, 5) is 25.4. The fourth-order valence-electron chi connectivity index (χ4n) is 1.14. The van der Waals surface area contributed by atoms with Crippen LogP contribution in [-0.2, 0) is 0 Å². The Morgan fingerprint density at radius 2 is 2.36 bits per heavy atom. The molecule has 0 aliphatic carbocycles. The maximum Gasteiger partial charge on any atom is 0.170 e. The Morgan fingerprint density at radius 3 is 2.93 bits per heavy atom. The minimum atomic E-state index is 0.415. The molecule has 2 heterocycles. The molecule has 1 N–H and O–H groups in total. The Bertz CT molecular complexity index is 449. The van der Waals surface area contributed by atoms with Crippen molar-refractivity contribution < 1.29 is 4.79 Å². The number of hydrogen-bond acceptors (Lipinski definition) is 4. The van der Waals surface area contributed by atoms with Crippen molar-refractivity contribution in [1.29, 1.82) is 0 Å². The fourth-order valence-corrected chi connectivity index (χ4v) is 1.14. The molecule has 0 amide bonds. The van der Waals surface area contributed by atoms with E-state index in [0.29, 0.717) is 17.2 Å². The van der Waals surface area contributed by atoms with Crippen molar-refractivity contribution in [2.45, 2.75) is 6.92 Å². The van der Waals surface area contributed by atoms with E-state index < -0.39 is 0 Å². The third-order valence-electron chi connectivity index (χ3n) is 1.86. The molecule has 5 heteroatoms. The number of nitrogens with one attached hydrogen (secondary N) is 1. The van der Waals surface area contributed by atoms with Crippen molar-refractivity contribution in [3.8, 4) is 11.5 Å². The lowest BCUT2D eigenvalue weighted by molar-refractivity contribution is 0.111. The summed E-state index contributed by atoms with van der Waals surface area (Å²) in [6.07, 6.45) is 3.78. The number of carbonyl (C=O) groups excluding carboxylic acids is 1. The molecule has 5 nitrogen and oxygen atoms in total. The van der Waals surface area contributed by atoms with Gasteiger partial charge in [-0.3, -0.25) is 4.79 Å². The Kier molecular flexibility index (Phi) is 2.06. The molecule has 0 fully saturated rings. The van der Waals surface area contributed by atoms with E-state index in [1.54, 1.807) is 19.2 Å². The summed E-state index contributed by atoms with van der Waals surface area (Å²) >= 11 is 0. The molecule has 0 atom stereocenters. The van der Waals surface area contributed by atoms with Gasteiger partial charge in [-0.1, -0.05) is 0 Å². The van der Waals surface area contributed by atoms with Gasteiger partial charge in [0.25, 0.3) is 0 Å². The van der Waals surface area contributed by atoms with Crippen LogP contribution in [0.5, 0.6) is 0 Å². The van der Waals surface area contributed by atoms with Gasteiger partial charge in [0.2, 0.25) is 0 Å². The van der Waals surface area contributed by atoms with Crippen LogP contribution in [0.2, 0.25) is 0 Å². The number of aryl methyl sites for hydroxylation is 1. The number of hydrogen-bond donors (Lipinski definition) is 1. The fraction of sp³-hybridized carbons (Fsp3) is 0.111. The van der Waals surface area contributed by atoms with E-state index in [-0.39, 0.29) is 0 Å². The van der Waals surface area contributed by atoms with Crippen LogP contribution in [0.1, 0.15) is 16.2 Å². The van der Waals surface area contributed by atoms with E-state index in [2.05, 4.69) is 19.9 Å². The van der Waals surface area contributed by atoms with Crippen molar-refractivity contribution >= 4 is 6.29 Å². The summed E-state index contributed by atoms with van der Waals surface area (Å²) in [7, 11) is 0. The smallest absolute Gasteiger partial charge is 0.170 e. The number of aromatic nitrogens is 4. The SMILES string of the molecule is Cc1[nH]c(-c2ccncn2)nc1C=O. The molecule has 0 aliphatic rings. The topological polar surface area (TPSA) is 71.5 Å². The van der Waals surface area contributed by atoms with E-state index in [1.807, 2.05) is 0 Å². The third kappa shape index (κ3) is 1.39. The van der Waals surface area contributed by atoms with Crippen LogP contribution in [0, 0.1) is 6.92 Å². The molecule has 0 radical (unpaired) electrons. The Hall–Kier alpha value is -2.04. The molecule has 0 aliphatic heterocycles. The molecule has 2 rings (SSSR count). The van der Waals surface area contributed by atoms with Gasteiger partial charge < -0.3 is 4.98 Å². The first kappa shape index (κ1) is 8.55. The third-order valence-corrected chi connectivity index (χ3v) is 1.86. The molecule has 0 unspecified atom stereocenters. The number of aldehydes is 1. The number of imidazole rings is 1. The lowest BCUT2D eigenvalue weighted by atomic mass is 10.4. The average Bonchev–Trinajstić information content (AvgIpc) is 2.61. The van der Waals surface area contributed by atoms with Gasteiger partial charge in [0.15, 0.2) is 12.1 Å². The lowest BCUT2D eigenvalue weighted by Crippen LogP contribution is -1.86. The highest BCUT2D eigenvalue weighted by molar-refractivity contribution is 5.75. The molecular weight excluding hydrogens is 180 g/mol. The average molecular weight is 188 g/mol. The van der Waals surface area contributed by atoms with Gasteiger partial charge in [-0.25, -0.2) is 15.0 Å². The van der Waals surface area contributed by atoms with Gasteiger partial charge in [0, 0.05) is 11.9 Å². The van der Waals surface area contributed by atoms with Gasteiger partial charge in [-0.2, -0.15) is 0 Å². The number of rotatable bonds is 2. The van der Waals surface area contributed by atoms with Crippen molar-refractivity contribution in [1.82, 2.24) is 19.9 Å². The summed E-state index contributed by atoms with van der Waals surface area (Å²) in [5.41, 5.74) is 1.84. The van der Waals surface area contributed by atoms with E-state index in [0.717, 1.165) is 12.0 Å². The molecule has 0 bridgehead atoms. The van der Waals surface area contributed by atoms with E-state index in [4.69, 9.17) is 0 Å². The van der Waals surface area contributed by atoms with E-state index >= 15 is 0 Å². The molecular formula is C9H8N4O. The highest BCUT2D eigenvalue weighted by atomic mass is 16.1. The second kappa shape index (κ2) is 3.37. The van der Waals surface area contributed by atoms with E-state index in [9.17, 15) is 4.79 Å². The first-order valence-electron chi connectivity index (χ1n) is 4.09. The molecule has 2 aromatic heterocycles. The molecule has 0 saturated heterocycles. The van der Waals surface area contributed by atoms with Crippen LogP contribution in [0.3, 0.4) is 0 Å². The predicted octanol–water partition coefficient (Wildman–Crippen LogP) is 0.988. The van der Waals surface area contributed by atoms with Crippen LogP contribution in [0.25, 0.3) is 11.5 Å². The quantitative estimate of drug-likeness (QED) is 0.713. The molecule has 70 valence electrons. The summed E-state index contributed by atoms with van der Waals surface area (Å²) < 4.78 is 0. The highest BCUT2D eigenvalue weighted by Gasteiger charge is 2.07. The van der Waals surface area contributed by atoms with Crippen molar-refractivity contribution in [3.63, 3.8) is 0 Å². The first-order valence-corrected chi connectivity index (χ1v) is 4.09. The van der Waals surface area contributed by atoms with Gasteiger partial charge in [-0.05, 0) is 13.0 Å². The largest absolute Gasteiger partial charge is 0.340 e. The highest BCUT2D eigenvalue weighted by Crippen LogP contribution is 2.13. The van der Waals surface area contributed by atoms with Crippen LogP contribution >= 0.6 is 0 Å². The Labute approximate surface area is 80.2 Å². The van der Waals surface area contributed by atoms with Gasteiger partial charge in [0.05, 0.1) is 0 Å². The lowest BCUT2D eigenvalue weighted by Gasteiger charge is -1.91. The van der Waals surface area contributed by atoms with Crippen LogP contribution in [0.4, 0.5) is 0 Å². The maximum absolute atomic E-state index is 10.6. The van der Waals surface area contributed by atoms with Gasteiger partial charge in [0.1, 0.15) is 17.7 Å². The normalized spacial score (nSPS) is 10.1. The van der Waals surface area contributed by atoms with E-state index in [1.165, 1.54) is 6.33 Å². The number of nitrogens with zero attached hydrogens (tertiary/aromatic N) is 3. The standard InChI is InChI=1S/C9H8N4O/c1-6-8(4-14)13-9(12-6)7-2-3-10-5-11-7/h2-5H,1H3,(H,12,13). The van der Waals surface area contributed by atoms with Crippen LogP contribution < -0.4 is 0 Å². The minimum absolute atomic E-state index is 0.415. The molecule has 14 heavy (non-hydrogen) atoms. The zero-order valence-electron chi connectivity index (χ0n) is 7.56. The summed E-state index contributed by atoms with van der Waals surface area (Å²) in [5.74, 6) is 0.590. The van der Waals surface area contributed by atoms with Crippen LogP contribution in [0.15, 0.2) is 18.6 Å². The van der Waals surface area contributed by atoms with Gasteiger partial charge >= 0.3 is 0 Å². The van der Waals surface area contributed by atoms with Crippen molar-refractivity contribution in [3.05, 3.63) is 30.0 Å². The number of aromatic amines is 1. The first-order chi connectivity index (χ1) is 6.81. The summed E-state index contributed by atoms with van der Waals surface area (Å²) in [5, 5.41) is 0. The zero-order valence-corrected chi connectivity index (χ0v) is 7.56. The monoisotopic (exact) mass is 188 g/mol. The Balaban J connectivity index is 2.48. The summed E-state index contributed by atoms with van der Waals surface area (Å²) in [6.45, 7) is 1.79. The second-order valence-corrected chi connectivity index (χ2v) is 2.81. The number of carbonyl (C=O) groups is 1. The minimum Gasteiger partial charge on any atom is -0.340 e. The summed E-state index contributed by atoms with van der Waals surface area (Å²) in [6, 6.07) is 1.73. The predicted molar refractivity (Wildman–Crippen MR) is 49.7 cm³/mol. The van der Waals surface area contributed by atoms with Crippen molar-refractivity contribution in [2.24, 2.45) is 0 Å². The second-order valence-electron chi connectivity index (χ2n) is 2.81. The van der Waals surface area contributed by atoms with Crippen molar-refractivity contribution in [2.75, 3.05) is 0 Å².